The number of hydrogen-bond acceptors (Lipinski definition) is 4. The number of ether oxygens (including phenoxy) is 1. The number of amides is 1. The Bertz CT molecular complexity index is 635. The van der Waals surface area contributed by atoms with Crippen molar-refractivity contribution in [2.75, 3.05) is 6.54 Å². The minimum atomic E-state index is -0.987. The Kier molecular flexibility index (Phi) is 4.17. The molecule has 128 valence electrons. The standard InChI is InChI=1S/C16H25N3O4/c1-15(2,3)12-11(13(20)21)19-8-7-18(9-10(19)17-12)14(22)23-16(4,5)6/h7-9H2,1-6H3,(H,20,21). The Balaban J connectivity index is 2.32. The smallest absolute Gasteiger partial charge is 0.410 e. The number of aromatic carboxylic acids is 1. The summed E-state index contributed by atoms with van der Waals surface area (Å²) < 4.78 is 7.08. The number of carboxylic acids is 1. The van der Waals surface area contributed by atoms with Crippen LogP contribution >= 0.6 is 0 Å². The van der Waals surface area contributed by atoms with Crippen LogP contribution in [0, 0.1) is 0 Å². The normalized spacial score (nSPS) is 15.3. The Labute approximate surface area is 136 Å². The van der Waals surface area contributed by atoms with Crippen molar-refractivity contribution in [2.24, 2.45) is 0 Å². The van der Waals surface area contributed by atoms with Gasteiger partial charge in [-0.25, -0.2) is 14.6 Å². The van der Waals surface area contributed by atoms with Crippen molar-refractivity contribution in [3.63, 3.8) is 0 Å². The zero-order chi connectivity index (χ0) is 17.6. The Morgan fingerprint density at radius 3 is 2.22 bits per heavy atom. The van der Waals surface area contributed by atoms with Crippen LogP contribution in [0.25, 0.3) is 0 Å². The first-order chi connectivity index (χ1) is 10.4. The van der Waals surface area contributed by atoms with Gasteiger partial charge in [0.05, 0.1) is 12.2 Å². The van der Waals surface area contributed by atoms with Crippen LogP contribution in [0.5, 0.6) is 0 Å². The van der Waals surface area contributed by atoms with E-state index in [4.69, 9.17) is 4.74 Å². The average Bonchev–Trinajstić information content (AvgIpc) is 2.74. The summed E-state index contributed by atoms with van der Waals surface area (Å²) >= 11 is 0. The number of imidazole rings is 1. The number of carboxylic acid groups (broad SMARTS) is 1. The van der Waals surface area contributed by atoms with E-state index in [1.165, 1.54) is 0 Å². The molecule has 0 saturated heterocycles. The minimum Gasteiger partial charge on any atom is -0.477 e. The maximum absolute atomic E-state index is 12.2. The van der Waals surface area contributed by atoms with Crippen molar-refractivity contribution in [3.8, 4) is 0 Å². The second-order valence-corrected chi connectivity index (χ2v) is 7.83. The van der Waals surface area contributed by atoms with E-state index >= 15 is 0 Å². The van der Waals surface area contributed by atoms with Crippen LogP contribution in [-0.2, 0) is 23.2 Å². The van der Waals surface area contributed by atoms with Gasteiger partial charge in [0.15, 0.2) is 5.69 Å². The average molecular weight is 323 g/mol. The predicted octanol–water partition coefficient (Wildman–Crippen LogP) is 2.63. The molecule has 0 aliphatic carbocycles. The second kappa shape index (κ2) is 5.54. The van der Waals surface area contributed by atoms with Crippen molar-refractivity contribution in [2.45, 2.75) is 65.6 Å². The van der Waals surface area contributed by atoms with E-state index in [9.17, 15) is 14.7 Å². The molecule has 1 aromatic rings. The number of rotatable bonds is 1. The van der Waals surface area contributed by atoms with Gasteiger partial charge < -0.3 is 14.4 Å². The van der Waals surface area contributed by atoms with E-state index in [-0.39, 0.29) is 17.7 Å². The molecule has 23 heavy (non-hydrogen) atoms. The lowest BCUT2D eigenvalue weighted by molar-refractivity contribution is 0.0194. The van der Waals surface area contributed by atoms with Crippen LogP contribution in [0.1, 0.15) is 63.5 Å². The number of carbonyl (C=O) groups excluding carboxylic acids is 1. The van der Waals surface area contributed by atoms with Crippen molar-refractivity contribution >= 4 is 12.1 Å². The van der Waals surface area contributed by atoms with Crippen molar-refractivity contribution in [3.05, 3.63) is 17.2 Å². The monoisotopic (exact) mass is 323 g/mol. The van der Waals surface area contributed by atoms with E-state index < -0.39 is 17.7 Å². The van der Waals surface area contributed by atoms with Gasteiger partial charge in [-0.05, 0) is 20.8 Å². The zero-order valence-electron chi connectivity index (χ0n) is 14.6. The van der Waals surface area contributed by atoms with Gasteiger partial charge in [0, 0.05) is 18.5 Å². The van der Waals surface area contributed by atoms with Crippen LogP contribution in [-0.4, -0.2) is 43.8 Å². The summed E-state index contributed by atoms with van der Waals surface area (Å²) in [4.78, 5) is 29.9. The molecular formula is C16H25N3O4. The first-order valence-corrected chi connectivity index (χ1v) is 7.71. The largest absolute Gasteiger partial charge is 0.477 e. The number of carbonyl (C=O) groups is 2. The lowest BCUT2D eigenvalue weighted by Crippen LogP contribution is -2.42. The Morgan fingerprint density at radius 2 is 1.74 bits per heavy atom. The molecule has 0 radical (unpaired) electrons. The summed E-state index contributed by atoms with van der Waals surface area (Å²) in [6.45, 7) is 12.3. The summed E-state index contributed by atoms with van der Waals surface area (Å²) in [5.74, 6) is -0.399. The van der Waals surface area contributed by atoms with E-state index in [1.807, 2.05) is 41.5 Å². The molecule has 0 aromatic carbocycles. The molecule has 1 amide bonds. The fourth-order valence-electron chi connectivity index (χ4n) is 2.55. The van der Waals surface area contributed by atoms with Gasteiger partial charge in [-0.15, -0.1) is 0 Å². The summed E-state index contributed by atoms with van der Waals surface area (Å²) in [5.41, 5.74) is -0.177. The lowest BCUT2D eigenvalue weighted by atomic mass is 9.90. The van der Waals surface area contributed by atoms with Crippen molar-refractivity contribution < 1.29 is 19.4 Å². The first kappa shape index (κ1) is 17.3. The van der Waals surface area contributed by atoms with Crippen molar-refractivity contribution in [1.29, 1.82) is 0 Å². The molecule has 7 heteroatoms. The van der Waals surface area contributed by atoms with Crippen LogP contribution in [0.3, 0.4) is 0 Å². The third kappa shape index (κ3) is 3.65. The van der Waals surface area contributed by atoms with Crippen LogP contribution in [0.2, 0.25) is 0 Å². The van der Waals surface area contributed by atoms with E-state index in [2.05, 4.69) is 4.98 Å². The molecule has 7 nitrogen and oxygen atoms in total. The Hall–Kier alpha value is -2.05. The molecule has 1 N–H and O–H groups in total. The number of fused-ring (bicyclic) bond motifs is 1. The van der Waals surface area contributed by atoms with Crippen LogP contribution < -0.4 is 0 Å². The topological polar surface area (TPSA) is 84.7 Å². The van der Waals surface area contributed by atoms with Crippen molar-refractivity contribution in [1.82, 2.24) is 14.5 Å². The molecule has 0 spiro atoms. The maximum Gasteiger partial charge on any atom is 0.410 e. The molecule has 2 heterocycles. The van der Waals surface area contributed by atoms with Gasteiger partial charge in [0.2, 0.25) is 0 Å². The lowest BCUT2D eigenvalue weighted by Gasteiger charge is -2.30. The molecule has 0 bridgehead atoms. The summed E-state index contributed by atoms with van der Waals surface area (Å²) in [7, 11) is 0. The zero-order valence-corrected chi connectivity index (χ0v) is 14.6. The predicted molar refractivity (Wildman–Crippen MR) is 84.5 cm³/mol. The third-order valence-corrected chi connectivity index (χ3v) is 3.54. The summed E-state index contributed by atoms with van der Waals surface area (Å²) in [6, 6.07) is 0. The minimum absolute atomic E-state index is 0.219. The summed E-state index contributed by atoms with van der Waals surface area (Å²) in [6.07, 6.45) is -0.402. The maximum atomic E-state index is 12.2. The van der Waals surface area contributed by atoms with Gasteiger partial charge >= 0.3 is 12.1 Å². The SMILES string of the molecule is CC(C)(C)OC(=O)N1CCn2c(nc(C(C)(C)C)c2C(=O)O)C1. The van der Waals surface area contributed by atoms with Gasteiger partial charge in [-0.3, -0.25) is 4.90 Å². The molecule has 0 unspecified atom stereocenters. The highest BCUT2D eigenvalue weighted by Crippen LogP contribution is 2.28. The van der Waals surface area contributed by atoms with Gasteiger partial charge in [0.1, 0.15) is 11.4 Å². The third-order valence-electron chi connectivity index (χ3n) is 3.54. The Morgan fingerprint density at radius 1 is 1.13 bits per heavy atom. The number of nitrogens with zero attached hydrogens (tertiary/aromatic N) is 3. The molecule has 1 aliphatic heterocycles. The summed E-state index contributed by atoms with van der Waals surface area (Å²) in [5, 5.41) is 9.54. The molecule has 1 aliphatic rings. The number of hydrogen-bond donors (Lipinski definition) is 1. The van der Waals surface area contributed by atoms with Crippen LogP contribution in [0.15, 0.2) is 0 Å². The molecule has 2 rings (SSSR count). The highest BCUT2D eigenvalue weighted by molar-refractivity contribution is 5.87. The quantitative estimate of drug-likeness (QED) is 0.859. The number of aromatic nitrogens is 2. The molecule has 0 fully saturated rings. The molecule has 0 atom stereocenters. The highest BCUT2D eigenvalue weighted by Gasteiger charge is 2.34. The molecule has 1 aromatic heterocycles. The van der Waals surface area contributed by atoms with E-state index in [1.54, 1.807) is 9.47 Å². The molecular weight excluding hydrogens is 298 g/mol. The van der Waals surface area contributed by atoms with E-state index in [0.29, 0.717) is 24.6 Å². The van der Waals surface area contributed by atoms with Crippen LogP contribution in [0.4, 0.5) is 4.79 Å². The molecule has 0 saturated carbocycles. The highest BCUT2D eigenvalue weighted by atomic mass is 16.6. The first-order valence-electron chi connectivity index (χ1n) is 7.71. The van der Waals surface area contributed by atoms with E-state index in [0.717, 1.165) is 0 Å². The van der Waals surface area contributed by atoms with Gasteiger partial charge in [-0.1, -0.05) is 20.8 Å². The van der Waals surface area contributed by atoms with Gasteiger partial charge in [0.25, 0.3) is 0 Å². The second-order valence-electron chi connectivity index (χ2n) is 7.83. The fourth-order valence-corrected chi connectivity index (χ4v) is 2.55. The fraction of sp³-hybridized carbons (Fsp3) is 0.688. The van der Waals surface area contributed by atoms with Gasteiger partial charge in [-0.2, -0.15) is 0 Å².